The number of aryl methyl sites for hydroxylation is 1. The van der Waals surface area contributed by atoms with Crippen molar-refractivity contribution in [2.24, 2.45) is 7.05 Å². The van der Waals surface area contributed by atoms with Gasteiger partial charge in [0.15, 0.2) is 0 Å². The fraction of sp³-hybridized carbons (Fsp3) is 0.769. The Bertz CT molecular complexity index is 541. The molecule has 0 amide bonds. The summed E-state index contributed by atoms with van der Waals surface area (Å²) in [4.78, 5) is 2.30. The molecular formula is C13H26N4O2S. The molecule has 7 heteroatoms. The van der Waals surface area contributed by atoms with Crippen molar-refractivity contribution in [2.75, 3.05) is 27.2 Å². The van der Waals surface area contributed by atoms with Gasteiger partial charge in [-0.3, -0.25) is 4.68 Å². The fourth-order valence-corrected chi connectivity index (χ4v) is 3.32. The zero-order valence-corrected chi connectivity index (χ0v) is 14.1. The van der Waals surface area contributed by atoms with Crippen LogP contribution < -0.4 is 4.72 Å². The van der Waals surface area contributed by atoms with E-state index in [1.54, 1.807) is 17.9 Å². The van der Waals surface area contributed by atoms with E-state index < -0.39 is 10.0 Å². The zero-order valence-electron chi connectivity index (χ0n) is 13.3. The van der Waals surface area contributed by atoms with Crippen LogP contribution in [-0.4, -0.2) is 50.3 Å². The van der Waals surface area contributed by atoms with Crippen molar-refractivity contribution in [1.82, 2.24) is 19.4 Å². The maximum Gasteiger partial charge on any atom is 0.243 e. The Morgan fingerprint density at radius 3 is 2.45 bits per heavy atom. The summed E-state index contributed by atoms with van der Waals surface area (Å²) in [5.41, 5.74) is 0.287. The van der Waals surface area contributed by atoms with Crippen LogP contribution in [0.4, 0.5) is 0 Å². The Balaban J connectivity index is 2.88. The molecule has 1 aromatic rings. The number of sulfonamides is 1. The zero-order chi connectivity index (χ0) is 15.6. The molecule has 0 radical (unpaired) electrons. The summed E-state index contributed by atoms with van der Waals surface area (Å²) in [7, 11) is 2.16. The summed E-state index contributed by atoms with van der Waals surface area (Å²) in [5.74, 6) is 0. The average Bonchev–Trinajstić information content (AvgIpc) is 2.67. The molecule has 0 fully saturated rings. The first-order chi connectivity index (χ1) is 9.04. The van der Waals surface area contributed by atoms with E-state index in [1.165, 1.54) is 0 Å². The molecule has 6 nitrogen and oxygen atoms in total. The van der Waals surface area contributed by atoms with Gasteiger partial charge in [0.05, 0.1) is 5.69 Å². The SMILES string of the molecule is CN(C)CCCNS(=O)(=O)c1cn(C)nc1C(C)(C)C. The number of hydrogen-bond acceptors (Lipinski definition) is 4. The normalized spacial score (nSPS) is 13.2. The molecule has 20 heavy (non-hydrogen) atoms. The Morgan fingerprint density at radius 1 is 1.35 bits per heavy atom. The van der Waals surface area contributed by atoms with E-state index in [4.69, 9.17) is 0 Å². The van der Waals surface area contributed by atoms with Gasteiger partial charge in [-0.2, -0.15) is 5.10 Å². The minimum Gasteiger partial charge on any atom is -0.309 e. The number of aromatic nitrogens is 2. The van der Waals surface area contributed by atoms with Gasteiger partial charge >= 0.3 is 0 Å². The molecule has 0 aliphatic rings. The van der Waals surface area contributed by atoms with Crippen LogP contribution in [0.25, 0.3) is 0 Å². The monoisotopic (exact) mass is 302 g/mol. The van der Waals surface area contributed by atoms with E-state index in [0.717, 1.165) is 13.0 Å². The van der Waals surface area contributed by atoms with Crippen molar-refractivity contribution in [3.8, 4) is 0 Å². The average molecular weight is 302 g/mol. The first-order valence-corrected chi connectivity index (χ1v) is 8.21. The van der Waals surface area contributed by atoms with Crippen molar-refractivity contribution in [1.29, 1.82) is 0 Å². The lowest BCUT2D eigenvalue weighted by Crippen LogP contribution is -2.29. The topological polar surface area (TPSA) is 67.2 Å². The van der Waals surface area contributed by atoms with Gasteiger partial charge in [0, 0.05) is 25.2 Å². The highest BCUT2D eigenvalue weighted by molar-refractivity contribution is 7.89. The van der Waals surface area contributed by atoms with Gasteiger partial charge in [-0.15, -0.1) is 0 Å². The maximum atomic E-state index is 12.4. The number of nitrogens with one attached hydrogen (secondary N) is 1. The van der Waals surface area contributed by atoms with Gasteiger partial charge in [-0.25, -0.2) is 13.1 Å². The van der Waals surface area contributed by atoms with Gasteiger partial charge in [-0.1, -0.05) is 20.8 Å². The van der Waals surface area contributed by atoms with E-state index in [1.807, 2.05) is 39.8 Å². The molecule has 116 valence electrons. The predicted octanol–water partition coefficient (Wildman–Crippen LogP) is 0.948. The third-order valence-electron chi connectivity index (χ3n) is 2.87. The lowest BCUT2D eigenvalue weighted by Gasteiger charge is -2.17. The molecule has 0 saturated carbocycles. The summed E-state index contributed by atoms with van der Waals surface area (Å²) in [5, 5.41) is 4.29. The van der Waals surface area contributed by atoms with E-state index in [0.29, 0.717) is 12.2 Å². The number of rotatable bonds is 6. The van der Waals surface area contributed by atoms with E-state index >= 15 is 0 Å². The fourth-order valence-electron chi connectivity index (χ4n) is 1.86. The molecule has 1 heterocycles. The third kappa shape index (κ3) is 4.57. The molecule has 0 atom stereocenters. The van der Waals surface area contributed by atoms with Gasteiger partial charge in [0.2, 0.25) is 10.0 Å². The molecule has 1 rings (SSSR count). The molecule has 1 aromatic heterocycles. The quantitative estimate of drug-likeness (QED) is 0.795. The summed E-state index contributed by atoms with van der Waals surface area (Å²) in [6, 6.07) is 0. The van der Waals surface area contributed by atoms with Crippen LogP contribution in [0, 0.1) is 0 Å². The highest BCUT2D eigenvalue weighted by Gasteiger charge is 2.29. The highest BCUT2D eigenvalue weighted by atomic mass is 32.2. The molecule has 0 aliphatic carbocycles. The molecule has 1 N–H and O–H groups in total. The third-order valence-corrected chi connectivity index (χ3v) is 4.33. The highest BCUT2D eigenvalue weighted by Crippen LogP contribution is 2.27. The minimum atomic E-state index is -3.50. The molecule has 0 saturated heterocycles. The van der Waals surface area contributed by atoms with Crippen LogP contribution in [0.2, 0.25) is 0 Å². The Morgan fingerprint density at radius 2 is 1.95 bits per heavy atom. The van der Waals surface area contributed by atoms with Gasteiger partial charge in [0.25, 0.3) is 0 Å². The van der Waals surface area contributed by atoms with Crippen LogP contribution in [-0.2, 0) is 22.5 Å². The Kier molecular flexibility index (Phi) is 5.34. The summed E-state index contributed by atoms with van der Waals surface area (Å²) >= 11 is 0. The molecule has 0 bridgehead atoms. The van der Waals surface area contributed by atoms with Crippen molar-refractivity contribution < 1.29 is 8.42 Å². The summed E-state index contributed by atoms with van der Waals surface area (Å²) in [6.45, 7) is 7.15. The summed E-state index contributed by atoms with van der Waals surface area (Å²) in [6.07, 6.45) is 2.34. The molecule has 0 aliphatic heterocycles. The van der Waals surface area contributed by atoms with Crippen molar-refractivity contribution >= 4 is 10.0 Å². The first-order valence-electron chi connectivity index (χ1n) is 6.72. The smallest absolute Gasteiger partial charge is 0.243 e. The van der Waals surface area contributed by atoms with E-state index in [-0.39, 0.29) is 10.3 Å². The van der Waals surface area contributed by atoms with Crippen LogP contribution in [0.1, 0.15) is 32.9 Å². The molecular weight excluding hydrogens is 276 g/mol. The lowest BCUT2D eigenvalue weighted by molar-refractivity contribution is 0.400. The molecule has 0 aromatic carbocycles. The second-order valence-electron chi connectivity index (χ2n) is 6.32. The Labute approximate surface area is 122 Å². The Hall–Kier alpha value is -0.920. The predicted molar refractivity (Wildman–Crippen MR) is 80.3 cm³/mol. The van der Waals surface area contributed by atoms with Crippen molar-refractivity contribution in [3.63, 3.8) is 0 Å². The van der Waals surface area contributed by atoms with E-state index in [2.05, 4.69) is 9.82 Å². The molecule has 0 unspecified atom stereocenters. The second kappa shape index (κ2) is 6.24. The number of hydrogen-bond donors (Lipinski definition) is 1. The largest absolute Gasteiger partial charge is 0.309 e. The standard InChI is InChI=1S/C13H26N4O2S/c1-13(2,3)12-11(10-17(6)15-12)20(18,19)14-8-7-9-16(4)5/h10,14H,7-9H2,1-6H3. The van der Waals surface area contributed by atoms with Crippen LogP contribution in [0.3, 0.4) is 0 Å². The van der Waals surface area contributed by atoms with Crippen LogP contribution in [0.15, 0.2) is 11.1 Å². The van der Waals surface area contributed by atoms with Crippen molar-refractivity contribution in [2.45, 2.75) is 37.5 Å². The first kappa shape index (κ1) is 17.1. The minimum absolute atomic E-state index is 0.275. The summed E-state index contributed by atoms with van der Waals surface area (Å²) < 4.78 is 29.0. The van der Waals surface area contributed by atoms with E-state index in [9.17, 15) is 8.42 Å². The number of nitrogens with zero attached hydrogens (tertiary/aromatic N) is 3. The van der Waals surface area contributed by atoms with Crippen LogP contribution >= 0.6 is 0 Å². The van der Waals surface area contributed by atoms with Gasteiger partial charge < -0.3 is 4.90 Å². The van der Waals surface area contributed by atoms with Crippen LogP contribution in [0.5, 0.6) is 0 Å². The maximum absolute atomic E-state index is 12.4. The molecule has 0 spiro atoms. The second-order valence-corrected chi connectivity index (χ2v) is 8.06. The van der Waals surface area contributed by atoms with Crippen molar-refractivity contribution in [3.05, 3.63) is 11.9 Å². The lowest BCUT2D eigenvalue weighted by atomic mass is 9.92. The van der Waals surface area contributed by atoms with Gasteiger partial charge in [0.1, 0.15) is 4.90 Å². The van der Waals surface area contributed by atoms with Gasteiger partial charge in [-0.05, 0) is 27.1 Å².